The van der Waals surface area contributed by atoms with Crippen molar-refractivity contribution in [2.75, 3.05) is 20.3 Å². The zero-order valence-corrected chi connectivity index (χ0v) is 10.9. The summed E-state index contributed by atoms with van der Waals surface area (Å²) in [4.78, 5) is 11.7. The second-order valence-corrected chi connectivity index (χ2v) is 5.20. The topological polar surface area (TPSA) is 44.8 Å². The fraction of sp³-hybridized carbons (Fsp3) is 0.462. The molecular weight excluding hydrogens is 231 g/mol. The molecule has 0 saturated carbocycles. The van der Waals surface area contributed by atoms with Gasteiger partial charge in [-0.2, -0.15) is 0 Å². The van der Waals surface area contributed by atoms with Gasteiger partial charge in [0.25, 0.3) is 0 Å². The summed E-state index contributed by atoms with van der Waals surface area (Å²) in [5, 5.41) is 0. The lowest BCUT2D eigenvalue weighted by molar-refractivity contribution is 0.0340. The van der Waals surface area contributed by atoms with Crippen molar-refractivity contribution in [2.24, 2.45) is 5.41 Å². The van der Waals surface area contributed by atoms with Crippen molar-refractivity contribution in [3.05, 3.63) is 29.8 Å². The van der Waals surface area contributed by atoms with Crippen LogP contribution in [-0.4, -0.2) is 33.4 Å². The number of hydrogen-bond donors (Lipinski definition) is 0. The Morgan fingerprint density at radius 3 is 2.50 bits per heavy atom. The van der Waals surface area contributed by atoms with Crippen molar-refractivity contribution in [3.63, 3.8) is 0 Å². The normalized spacial score (nSPS) is 18.5. The van der Waals surface area contributed by atoms with Gasteiger partial charge in [0.15, 0.2) is 0 Å². The van der Waals surface area contributed by atoms with Crippen LogP contribution in [0.4, 0.5) is 0 Å². The van der Waals surface area contributed by atoms with E-state index in [0.29, 0.717) is 18.8 Å². The van der Waals surface area contributed by atoms with Gasteiger partial charge in [-0.3, -0.25) is 0 Å². The molecule has 1 saturated heterocycles. The fourth-order valence-electron chi connectivity index (χ4n) is 1.87. The van der Waals surface area contributed by atoms with Crippen LogP contribution in [0.1, 0.15) is 24.2 Å². The molecule has 0 spiro atoms. The third-order valence-corrected chi connectivity index (χ3v) is 2.87. The Hall–Kier alpha value is -1.33. The summed E-state index contributed by atoms with van der Waals surface area (Å²) < 4.78 is 16.1. The second-order valence-electron chi connectivity index (χ2n) is 5.20. The van der Waals surface area contributed by atoms with Crippen LogP contribution in [0.2, 0.25) is 0 Å². The lowest BCUT2D eigenvalue weighted by Gasteiger charge is -2.33. The summed E-state index contributed by atoms with van der Waals surface area (Å²) in [5.74, 6) is -0.373. The van der Waals surface area contributed by atoms with Gasteiger partial charge in [0, 0.05) is 18.6 Å². The van der Waals surface area contributed by atoms with Crippen LogP contribution in [0, 0.1) is 5.41 Å². The Bertz CT molecular complexity index is 434. The van der Waals surface area contributed by atoms with Gasteiger partial charge >= 0.3 is 13.1 Å². The largest absolute Gasteiger partial charge is 0.494 e. The second kappa shape index (κ2) is 5.12. The maximum atomic E-state index is 11.7. The van der Waals surface area contributed by atoms with Crippen molar-refractivity contribution in [2.45, 2.75) is 13.8 Å². The lowest BCUT2D eigenvalue weighted by atomic mass is 9.73. The minimum Gasteiger partial charge on any atom is -0.465 e. The van der Waals surface area contributed by atoms with Crippen LogP contribution in [0.3, 0.4) is 0 Å². The summed E-state index contributed by atoms with van der Waals surface area (Å²) in [6.45, 7) is 5.37. The van der Waals surface area contributed by atoms with E-state index in [9.17, 15) is 4.79 Å². The van der Waals surface area contributed by atoms with E-state index in [0.717, 1.165) is 5.46 Å². The molecule has 0 bridgehead atoms. The Morgan fingerprint density at radius 2 is 1.89 bits per heavy atom. The molecule has 1 heterocycles. The number of benzene rings is 1. The van der Waals surface area contributed by atoms with Crippen LogP contribution in [0.25, 0.3) is 0 Å². The zero-order chi connectivity index (χ0) is 13.2. The number of carbonyl (C=O) groups excluding carboxylic acids is 1. The SMILES string of the molecule is COC(=O)c1ccccc1B1OCC(C)(C)CO1. The number of methoxy groups -OCH3 is 1. The molecule has 1 aromatic carbocycles. The molecule has 0 N–H and O–H groups in total. The lowest BCUT2D eigenvalue weighted by Crippen LogP contribution is -2.49. The highest BCUT2D eigenvalue weighted by Gasteiger charge is 2.35. The molecular formula is C13H17BO4. The molecule has 1 aliphatic heterocycles. The third kappa shape index (κ3) is 2.74. The van der Waals surface area contributed by atoms with Crippen molar-refractivity contribution < 1.29 is 18.8 Å². The molecule has 18 heavy (non-hydrogen) atoms. The van der Waals surface area contributed by atoms with Gasteiger partial charge in [0.1, 0.15) is 0 Å². The minimum absolute atomic E-state index is 0.0106. The summed E-state index contributed by atoms with van der Waals surface area (Å²) in [5.41, 5.74) is 1.22. The van der Waals surface area contributed by atoms with Crippen molar-refractivity contribution in [3.8, 4) is 0 Å². The molecule has 0 aromatic heterocycles. The Kier molecular flexibility index (Phi) is 3.73. The summed E-state index contributed by atoms with van der Waals surface area (Å²) in [6.07, 6.45) is 0. The molecule has 4 nitrogen and oxygen atoms in total. The smallest absolute Gasteiger partial charge is 0.465 e. The molecule has 96 valence electrons. The molecule has 0 radical (unpaired) electrons. The van der Waals surface area contributed by atoms with E-state index in [2.05, 4.69) is 13.8 Å². The van der Waals surface area contributed by atoms with Gasteiger partial charge in [0.2, 0.25) is 0 Å². The minimum atomic E-state index is -0.492. The predicted octanol–water partition coefficient (Wildman–Crippen LogP) is 1.24. The van der Waals surface area contributed by atoms with E-state index in [-0.39, 0.29) is 11.4 Å². The Balaban J connectivity index is 2.21. The number of hydrogen-bond acceptors (Lipinski definition) is 4. The highest BCUT2D eigenvalue weighted by atomic mass is 16.6. The quantitative estimate of drug-likeness (QED) is 0.583. The van der Waals surface area contributed by atoms with E-state index in [1.54, 1.807) is 12.1 Å². The summed E-state index contributed by atoms with van der Waals surface area (Å²) in [7, 11) is 0.874. The summed E-state index contributed by atoms with van der Waals surface area (Å²) >= 11 is 0. The van der Waals surface area contributed by atoms with E-state index < -0.39 is 7.12 Å². The van der Waals surface area contributed by atoms with Crippen LogP contribution >= 0.6 is 0 Å². The van der Waals surface area contributed by atoms with Crippen LogP contribution in [0.15, 0.2) is 24.3 Å². The van der Waals surface area contributed by atoms with E-state index >= 15 is 0 Å². The van der Waals surface area contributed by atoms with E-state index in [1.807, 2.05) is 12.1 Å². The molecule has 0 amide bonds. The Morgan fingerprint density at radius 1 is 1.28 bits per heavy atom. The highest BCUT2D eigenvalue weighted by molar-refractivity contribution is 6.63. The first kappa shape index (κ1) is 13.1. The molecule has 2 rings (SSSR count). The number of ether oxygens (including phenoxy) is 1. The predicted molar refractivity (Wildman–Crippen MR) is 68.9 cm³/mol. The zero-order valence-electron chi connectivity index (χ0n) is 10.9. The van der Waals surface area contributed by atoms with Gasteiger partial charge < -0.3 is 14.0 Å². The fourth-order valence-corrected chi connectivity index (χ4v) is 1.87. The van der Waals surface area contributed by atoms with Gasteiger partial charge in [-0.15, -0.1) is 0 Å². The first-order valence-corrected chi connectivity index (χ1v) is 5.94. The molecule has 1 aromatic rings. The number of esters is 1. The van der Waals surface area contributed by atoms with Crippen molar-refractivity contribution in [1.29, 1.82) is 0 Å². The Labute approximate surface area is 107 Å². The van der Waals surface area contributed by atoms with Crippen LogP contribution < -0.4 is 5.46 Å². The van der Waals surface area contributed by atoms with Gasteiger partial charge in [-0.1, -0.05) is 32.0 Å². The first-order valence-electron chi connectivity index (χ1n) is 5.94. The maximum absolute atomic E-state index is 11.7. The van der Waals surface area contributed by atoms with Gasteiger partial charge in [0.05, 0.1) is 12.7 Å². The highest BCUT2D eigenvalue weighted by Crippen LogP contribution is 2.21. The molecule has 0 unspecified atom stereocenters. The van der Waals surface area contributed by atoms with Crippen molar-refractivity contribution in [1.82, 2.24) is 0 Å². The van der Waals surface area contributed by atoms with Crippen LogP contribution in [0.5, 0.6) is 0 Å². The molecule has 0 atom stereocenters. The van der Waals surface area contributed by atoms with Crippen LogP contribution in [-0.2, 0) is 14.0 Å². The molecule has 1 fully saturated rings. The first-order chi connectivity index (χ1) is 8.53. The number of carbonyl (C=O) groups is 1. The summed E-state index contributed by atoms with van der Waals surface area (Å²) in [6, 6.07) is 7.19. The van der Waals surface area contributed by atoms with E-state index in [1.165, 1.54) is 7.11 Å². The standard InChI is InChI=1S/C13H17BO4/c1-13(2)8-17-14(18-9-13)11-7-5-4-6-10(11)12(15)16-3/h4-7H,8-9H2,1-3H3. The maximum Gasteiger partial charge on any atom is 0.494 e. The number of rotatable bonds is 2. The average Bonchev–Trinajstić information content (AvgIpc) is 2.38. The monoisotopic (exact) mass is 248 g/mol. The molecule has 1 aliphatic rings. The van der Waals surface area contributed by atoms with E-state index in [4.69, 9.17) is 14.0 Å². The molecule has 0 aliphatic carbocycles. The third-order valence-electron chi connectivity index (χ3n) is 2.87. The molecule has 5 heteroatoms. The van der Waals surface area contributed by atoms with Gasteiger partial charge in [-0.25, -0.2) is 4.79 Å². The average molecular weight is 248 g/mol. The van der Waals surface area contributed by atoms with Gasteiger partial charge in [-0.05, 0) is 11.5 Å². The van der Waals surface area contributed by atoms with Crippen molar-refractivity contribution >= 4 is 18.6 Å².